The van der Waals surface area contributed by atoms with Crippen LogP contribution in [0.25, 0.3) is 10.6 Å². The number of hydrogen-bond donors (Lipinski definition) is 1. The molecule has 1 aromatic heterocycles. The highest BCUT2D eigenvalue weighted by Gasteiger charge is 2.11. The fraction of sp³-hybridized carbons (Fsp3) is 0.333. The Morgan fingerprint density at radius 3 is 2.56 bits per heavy atom. The molecule has 1 aromatic carbocycles. The highest BCUT2D eigenvalue weighted by atomic mass is 32.1. The van der Waals surface area contributed by atoms with E-state index in [9.17, 15) is 0 Å². The molecule has 0 aliphatic rings. The molecule has 16 heavy (non-hydrogen) atoms. The van der Waals surface area contributed by atoms with E-state index in [-0.39, 0.29) is 6.04 Å². The van der Waals surface area contributed by atoms with Crippen LogP contribution in [0.4, 0.5) is 0 Å². The van der Waals surface area contributed by atoms with Crippen molar-refractivity contribution in [2.45, 2.75) is 26.8 Å². The van der Waals surface area contributed by atoms with Gasteiger partial charge in [0, 0.05) is 5.56 Å². The monoisotopic (exact) mass is 233 g/mol. The minimum absolute atomic E-state index is 0.0444. The van der Waals surface area contributed by atoms with Crippen molar-refractivity contribution in [1.29, 1.82) is 0 Å². The van der Waals surface area contributed by atoms with E-state index in [4.69, 9.17) is 5.73 Å². The molecule has 1 unspecified atom stereocenters. The third kappa shape index (κ3) is 2.13. The summed E-state index contributed by atoms with van der Waals surface area (Å²) < 4.78 is 0. The predicted molar refractivity (Wildman–Crippen MR) is 67.4 cm³/mol. The number of benzene rings is 1. The van der Waals surface area contributed by atoms with Gasteiger partial charge in [-0.15, -0.1) is 10.2 Å². The first-order valence-electron chi connectivity index (χ1n) is 5.24. The first kappa shape index (κ1) is 11.2. The van der Waals surface area contributed by atoms with E-state index in [2.05, 4.69) is 42.2 Å². The molecule has 2 aromatic rings. The summed E-state index contributed by atoms with van der Waals surface area (Å²) in [6.45, 7) is 6.10. The van der Waals surface area contributed by atoms with Crippen LogP contribution in [0.2, 0.25) is 0 Å². The Bertz CT molecular complexity index is 503. The maximum Gasteiger partial charge on any atom is 0.148 e. The summed E-state index contributed by atoms with van der Waals surface area (Å²) in [6.07, 6.45) is 0. The average molecular weight is 233 g/mol. The molecular formula is C12H15N3S. The lowest BCUT2D eigenvalue weighted by molar-refractivity contribution is 0.786. The maximum atomic E-state index is 5.78. The van der Waals surface area contributed by atoms with Crippen LogP contribution >= 0.6 is 11.3 Å². The number of aryl methyl sites for hydroxylation is 2. The highest BCUT2D eigenvalue weighted by Crippen LogP contribution is 2.28. The summed E-state index contributed by atoms with van der Waals surface area (Å²) in [7, 11) is 0. The Labute approximate surface area is 99.3 Å². The van der Waals surface area contributed by atoms with E-state index in [0.717, 1.165) is 15.6 Å². The molecule has 2 rings (SSSR count). The summed E-state index contributed by atoms with van der Waals surface area (Å²) in [5.74, 6) is 0. The second-order valence-electron chi connectivity index (χ2n) is 4.05. The van der Waals surface area contributed by atoms with Gasteiger partial charge in [0.05, 0.1) is 6.04 Å². The summed E-state index contributed by atoms with van der Waals surface area (Å²) in [5.41, 5.74) is 9.41. The van der Waals surface area contributed by atoms with E-state index in [1.807, 2.05) is 6.92 Å². The van der Waals surface area contributed by atoms with Crippen LogP contribution in [-0.4, -0.2) is 10.2 Å². The number of hydrogen-bond acceptors (Lipinski definition) is 4. The smallest absolute Gasteiger partial charge is 0.148 e. The van der Waals surface area contributed by atoms with Crippen LogP contribution in [0.15, 0.2) is 18.2 Å². The van der Waals surface area contributed by atoms with Gasteiger partial charge in [-0.1, -0.05) is 35.1 Å². The fourth-order valence-electron chi connectivity index (χ4n) is 1.58. The van der Waals surface area contributed by atoms with Gasteiger partial charge in [-0.2, -0.15) is 0 Å². The summed E-state index contributed by atoms with van der Waals surface area (Å²) in [5, 5.41) is 10.1. The molecule has 0 radical (unpaired) electrons. The predicted octanol–water partition coefficient (Wildman–Crippen LogP) is 2.84. The van der Waals surface area contributed by atoms with Gasteiger partial charge in [0.1, 0.15) is 10.0 Å². The number of rotatable bonds is 2. The average Bonchev–Trinajstić information content (AvgIpc) is 2.66. The Hall–Kier alpha value is -1.26. The van der Waals surface area contributed by atoms with Crippen molar-refractivity contribution in [3.63, 3.8) is 0 Å². The molecular weight excluding hydrogens is 218 g/mol. The van der Waals surface area contributed by atoms with Crippen LogP contribution < -0.4 is 5.73 Å². The molecule has 0 bridgehead atoms. The van der Waals surface area contributed by atoms with Crippen LogP contribution in [0, 0.1) is 13.8 Å². The lowest BCUT2D eigenvalue weighted by Gasteiger charge is -2.02. The molecule has 2 N–H and O–H groups in total. The summed E-state index contributed by atoms with van der Waals surface area (Å²) >= 11 is 1.57. The molecule has 0 aliphatic heterocycles. The molecule has 0 fully saturated rings. The first-order chi connectivity index (χ1) is 7.58. The van der Waals surface area contributed by atoms with Crippen molar-refractivity contribution in [3.05, 3.63) is 34.3 Å². The van der Waals surface area contributed by atoms with E-state index in [1.54, 1.807) is 11.3 Å². The van der Waals surface area contributed by atoms with Crippen molar-refractivity contribution in [3.8, 4) is 10.6 Å². The van der Waals surface area contributed by atoms with Gasteiger partial charge < -0.3 is 5.73 Å². The number of aromatic nitrogens is 2. The molecule has 84 valence electrons. The topological polar surface area (TPSA) is 51.8 Å². The Balaban J connectivity index is 2.42. The molecule has 1 atom stereocenters. The van der Waals surface area contributed by atoms with Crippen molar-refractivity contribution < 1.29 is 0 Å². The van der Waals surface area contributed by atoms with E-state index >= 15 is 0 Å². The Kier molecular flexibility index (Phi) is 3.03. The molecule has 1 heterocycles. The fourth-order valence-corrected chi connectivity index (χ4v) is 2.47. The molecule has 0 saturated carbocycles. The van der Waals surface area contributed by atoms with E-state index < -0.39 is 0 Å². The first-order valence-corrected chi connectivity index (χ1v) is 6.06. The summed E-state index contributed by atoms with van der Waals surface area (Å²) in [6, 6.07) is 6.30. The zero-order valence-electron chi connectivity index (χ0n) is 9.69. The quantitative estimate of drug-likeness (QED) is 0.867. The highest BCUT2D eigenvalue weighted by molar-refractivity contribution is 7.14. The zero-order chi connectivity index (χ0) is 11.7. The van der Waals surface area contributed by atoms with Gasteiger partial charge in [0.25, 0.3) is 0 Å². The largest absolute Gasteiger partial charge is 0.322 e. The van der Waals surface area contributed by atoms with Crippen LogP contribution in [0.3, 0.4) is 0 Å². The number of nitrogens with two attached hydrogens (primary N) is 1. The Morgan fingerprint density at radius 2 is 2.00 bits per heavy atom. The van der Waals surface area contributed by atoms with E-state index in [0.29, 0.717) is 0 Å². The molecule has 0 amide bonds. The van der Waals surface area contributed by atoms with Gasteiger partial charge in [-0.3, -0.25) is 0 Å². The van der Waals surface area contributed by atoms with Crippen molar-refractivity contribution in [1.82, 2.24) is 10.2 Å². The van der Waals surface area contributed by atoms with Gasteiger partial charge in [0.15, 0.2) is 0 Å². The summed E-state index contributed by atoms with van der Waals surface area (Å²) in [4.78, 5) is 0. The Morgan fingerprint density at radius 1 is 1.25 bits per heavy atom. The zero-order valence-corrected chi connectivity index (χ0v) is 10.5. The van der Waals surface area contributed by atoms with Crippen molar-refractivity contribution in [2.24, 2.45) is 5.73 Å². The molecule has 4 heteroatoms. The van der Waals surface area contributed by atoms with Crippen LogP contribution in [-0.2, 0) is 0 Å². The minimum Gasteiger partial charge on any atom is -0.322 e. The molecule has 3 nitrogen and oxygen atoms in total. The lowest BCUT2D eigenvalue weighted by atomic mass is 10.1. The van der Waals surface area contributed by atoms with Gasteiger partial charge in [-0.05, 0) is 26.3 Å². The standard InChI is InChI=1S/C12H15N3S/c1-7-4-5-10(8(2)6-7)12-15-14-11(16-12)9(3)13/h4-6,9H,13H2,1-3H3. The molecule has 0 spiro atoms. The molecule has 0 saturated heterocycles. The lowest BCUT2D eigenvalue weighted by Crippen LogP contribution is -2.03. The van der Waals surface area contributed by atoms with E-state index in [1.165, 1.54) is 11.1 Å². The third-order valence-electron chi connectivity index (χ3n) is 2.44. The second-order valence-corrected chi connectivity index (χ2v) is 5.06. The molecule has 0 aliphatic carbocycles. The SMILES string of the molecule is Cc1ccc(-c2nnc(C(C)N)s2)c(C)c1. The second kappa shape index (κ2) is 4.31. The number of nitrogens with zero attached hydrogens (tertiary/aromatic N) is 2. The van der Waals surface area contributed by atoms with Gasteiger partial charge >= 0.3 is 0 Å². The third-order valence-corrected chi connectivity index (χ3v) is 3.60. The van der Waals surface area contributed by atoms with Crippen LogP contribution in [0.1, 0.15) is 29.1 Å². The minimum atomic E-state index is -0.0444. The normalized spacial score (nSPS) is 12.8. The van der Waals surface area contributed by atoms with Crippen molar-refractivity contribution in [2.75, 3.05) is 0 Å². The van der Waals surface area contributed by atoms with Crippen LogP contribution in [0.5, 0.6) is 0 Å². The van der Waals surface area contributed by atoms with Gasteiger partial charge in [0.2, 0.25) is 0 Å². The van der Waals surface area contributed by atoms with Gasteiger partial charge in [-0.25, -0.2) is 0 Å². The maximum absolute atomic E-state index is 5.78. The van der Waals surface area contributed by atoms with Crippen molar-refractivity contribution >= 4 is 11.3 Å².